The van der Waals surface area contributed by atoms with Crippen LogP contribution >= 0.6 is 0 Å². The third-order valence-electron chi connectivity index (χ3n) is 4.77. The number of aromatic nitrogens is 3. The fourth-order valence-electron chi connectivity index (χ4n) is 3.29. The van der Waals surface area contributed by atoms with Gasteiger partial charge in [0.1, 0.15) is 17.3 Å². The van der Waals surface area contributed by atoms with Crippen LogP contribution in [-0.2, 0) is 0 Å². The van der Waals surface area contributed by atoms with Crippen LogP contribution in [0.1, 0.15) is 28.9 Å². The predicted molar refractivity (Wildman–Crippen MR) is 102 cm³/mol. The summed E-state index contributed by atoms with van der Waals surface area (Å²) in [6.45, 7) is 3.78. The molecule has 1 amide bonds. The van der Waals surface area contributed by atoms with E-state index in [2.05, 4.69) is 20.3 Å². The first-order valence-electron chi connectivity index (χ1n) is 8.95. The second-order valence-electron chi connectivity index (χ2n) is 6.56. The van der Waals surface area contributed by atoms with Gasteiger partial charge in [0, 0.05) is 13.1 Å². The Balaban J connectivity index is 1.51. The van der Waals surface area contributed by atoms with Crippen molar-refractivity contribution in [2.45, 2.75) is 19.8 Å². The van der Waals surface area contributed by atoms with Crippen LogP contribution in [0.25, 0.3) is 5.69 Å². The fraction of sp³-hybridized carbons (Fsp3) is 0.250. The van der Waals surface area contributed by atoms with E-state index in [1.165, 1.54) is 29.8 Å². The minimum atomic E-state index is -0.391. The number of anilines is 2. The van der Waals surface area contributed by atoms with Crippen molar-refractivity contribution < 1.29 is 9.18 Å². The Morgan fingerprint density at radius 3 is 2.59 bits per heavy atom. The lowest BCUT2D eigenvalue weighted by atomic mass is 10.2. The Hall–Kier alpha value is -3.22. The maximum absolute atomic E-state index is 14.0. The molecule has 27 heavy (non-hydrogen) atoms. The summed E-state index contributed by atoms with van der Waals surface area (Å²) < 4.78 is 15.4. The van der Waals surface area contributed by atoms with Crippen molar-refractivity contribution >= 4 is 17.4 Å². The van der Waals surface area contributed by atoms with E-state index < -0.39 is 5.82 Å². The SMILES string of the molecule is Cc1c(C(=O)Nc2ccc(N3CCCC3)nc2)cnn1-c1ccccc1F. The molecule has 1 aliphatic heterocycles. The Bertz CT molecular complexity index is 961. The van der Waals surface area contributed by atoms with Gasteiger partial charge in [0.2, 0.25) is 0 Å². The van der Waals surface area contributed by atoms with Gasteiger partial charge in [-0.25, -0.2) is 14.1 Å². The van der Waals surface area contributed by atoms with Crippen LogP contribution in [-0.4, -0.2) is 33.8 Å². The topological polar surface area (TPSA) is 63.1 Å². The van der Waals surface area contributed by atoms with Crippen LogP contribution in [0.3, 0.4) is 0 Å². The lowest BCUT2D eigenvalue weighted by molar-refractivity contribution is 0.102. The van der Waals surface area contributed by atoms with Gasteiger partial charge in [-0.3, -0.25) is 4.79 Å². The minimum absolute atomic E-state index is 0.300. The molecule has 3 aromatic rings. The smallest absolute Gasteiger partial charge is 0.259 e. The summed E-state index contributed by atoms with van der Waals surface area (Å²) in [6.07, 6.45) is 5.47. The van der Waals surface area contributed by atoms with E-state index in [1.54, 1.807) is 31.3 Å². The van der Waals surface area contributed by atoms with Crippen molar-refractivity contribution in [3.8, 4) is 5.69 Å². The molecule has 2 aromatic heterocycles. The highest BCUT2D eigenvalue weighted by Gasteiger charge is 2.18. The average Bonchev–Trinajstić information content (AvgIpc) is 3.33. The van der Waals surface area contributed by atoms with Gasteiger partial charge in [0.25, 0.3) is 5.91 Å². The van der Waals surface area contributed by atoms with E-state index >= 15 is 0 Å². The molecule has 6 nitrogen and oxygen atoms in total. The number of nitrogens with one attached hydrogen (secondary N) is 1. The quantitative estimate of drug-likeness (QED) is 0.768. The molecule has 1 N–H and O–H groups in total. The van der Waals surface area contributed by atoms with Crippen molar-refractivity contribution in [3.63, 3.8) is 0 Å². The molecule has 7 heteroatoms. The summed E-state index contributed by atoms with van der Waals surface area (Å²) in [7, 11) is 0. The van der Waals surface area contributed by atoms with Crippen molar-refractivity contribution in [2.24, 2.45) is 0 Å². The number of nitrogens with zero attached hydrogens (tertiary/aromatic N) is 4. The lowest BCUT2D eigenvalue weighted by Crippen LogP contribution is -2.19. The Morgan fingerprint density at radius 2 is 1.89 bits per heavy atom. The van der Waals surface area contributed by atoms with Gasteiger partial charge >= 0.3 is 0 Å². The molecular weight excluding hydrogens is 345 g/mol. The van der Waals surface area contributed by atoms with Crippen LogP contribution in [0.4, 0.5) is 15.9 Å². The number of amides is 1. The molecule has 1 saturated heterocycles. The van der Waals surface area contributed by atoms with Gasteiger partial charge in [-0.2, -0.15) is 5.10 Å². The first-order valence-corrected chi connectivity index (χ1v) is 8.95. The van der Waals surface area contributed by atoms with E-state index in [0.717, 1.165) is 18.9 Å². The molecule has 0 atom stereocenters. The van der Waals surface area contributed by atoms with Crippen molar-refractivity contribution in [1.29, 1.82) is 0 Å². The number of hydrogen-bond donors (Lipinski definition) is 1. The van der Waals surface area contributed by atoms with Crippen LogP contribution in [0.5, 0.6) is 0 Å². The van der Waals surface area contributed by atoms with E-state index in [1.807, 2.05) is 12.1 Å². The Kier molecular flexibility index (Phi) is 4.58. The summed E-state index contributed by atoms with van der Waals surface area (Å²) in [5.74, 6) is 0.234. The zero-order valence-electron chi connectivity index (χ0n) is 15.0. The predicted octanol–water partition coefficient (Wildman–Crippen LogP) is 3.57. The van der Waals surface area contributed by atoms with Crippen LogP contribution < -0.4 is 10.2 Å². The van der Waals surface area contributed by atoms with Crippen molar-refractivity contribution in [1.82, 2.24) is 14.8 Å². The lowest BCUT2D eigenvalue weighted by Gasteiger charge is -2.16. The Labute approximate surface area is 156 Å². The highest BCUT2D eigenvalue weighted by Crippen LogP contribution is 2.21. The Morgan fingerprint density at radius 1 is 1.11 bits per heavy atom. The van der Waals surface area contributed by atoms with E-state index in [4.69, 9.17) is 0 Å². The van der Waals surface area contributed by atoms with E-state index in [9.17, 15) is 9.18 Å². The molecule has 0 saturated carbocycles. The first kappa shape index (κ1) is 17.2. The number of carbonyl (C=O) groups is 1. The molecule has 4 rings (SSSR count). The molecule has 0 radical (unpaired) electrons. The second kappa shape index (κ2) is 7.19. The molecule has 0 bridgehead atoms. The molecular formula is C20H20FN5O. The monoisotopic (exact) mass is 365 g/mol. The summed E-state index contributed by atoms with van der Waals surface area (Å²) in [4.78, 5) is 19.3. The largest absolute Gasteiger partial charge is 0.357 e. The second-order valence-corrected chi connectivity index (χ2v) is 6.56. The van der Waals surface area contributed by atoms with Crippen molar-refractivity contribution in [3.05, 3.63) is 65.9 Å². The standard InChI is InChI=1S/C20H20FN5O/c1-14-16(13-23-26(14)18-7-3-2-6-17(18)21)20(27)24-15-8-9-19(22-12-15)25-10-4-5-11-25/h2-3,6-9,12-13H,4-5,10-11H2,1H3,(H,24,27). The number of benzene rings is 1. The van der Waals surface area contributed by atoms with Gasteiger partial charge in [0.15, 0.2) is 0 Å². The molecule has 0 spiro atoms. The zero-order chi connectivity index (χ0) is 18.8. The number of halogens is 1. The summed E-state index contributed by atoms with van der Waals surface area (Å²) in [5.41, 5.74) is 1.88. The highest BCUT2D eigenvalue weighted by molar-refractivity contribution is 6.04. The molecule has 1 aliphatic rings. The van der Waals surface area contributed by atoms with Gasteiger partial charge in [0.05, 0.1) is 29.3 Å². The van der Waals surface area contributed by atoms with Gasteiger partial charge in [-0.05, 0) is 44.0 Å². The maximum Gasteiger partial charge on any atom is 0.259 e. The molecule has 0 aliphatic carbocycles. The average molecular weight is 365 g/mol. The normalized spacial score (nSPS) is 13.8. The molecule has 1 aromatic carbocycles. The van der Waals surface area contributed by atoms with E-state index in [-0.39, 0.29) is 5.91 Å². The zero-order valence-corrected chi connectivity index (χ0v) is 15.0. The van der Waals surface area contributed by atoms with Gasteiger partial charge in [-0.1, -0.05) is 12.1 Å². The third kappa shape index (κ3) is 3.40. The number of hydrogen-bond acceptors (Lipinski definition) is 4. The van der Waals surface area contributed by atoms with Crippen LogP contribution in [0.15, 0.2) is 48.8 Å². The maximum atomic E-state index is 14.0. The molecule has 1 fully saturated rings. The number of rotatable bonds is 4. The third-order valence-corrected chi connectivity index (χ3v) is 4.77. The molecule has 0 unspecified atom stereocenters. The molecule has 3 heterocycles. The summed E-state index contributed by atoms with van der Waals surface area (Å²) in [6, 6.07) is 10.1. The van der Waals surface area contributed by atoms with Crippen LogP contribution in [0.2, 0.25) is 0 Å². The van der Waals surface area contributed by atoms with Gasteiger partial charge < -0.3 is 10.2 Å². The minimum Gasteiger partial charge on any atom is -0.357 e. The number of para-hydroxylation sites is 1. The van der Waals surface area contributed by atoms with Crippen molar-refractivity contribution in [2.75, 3.05) is 23.3 Å². The summed E-state index contributed by atoms with van der Waals surface area (Å²) >= 11 is 0. The highest BCUT2D eigenvalue weighted by atomic mass is 19.1. The van der Waals surface area contributed by atoms with Gasteiger partial charge in [-0.15, -0.1) is 0 Å². The van der Waals surface area contributed by atoms with Crippen LogP contribution in [0, 0.1) is 12.7 Å². The number of carbonyl (C=O) groups excluding carboxylic acids is 1. The first-order chi connectivity index (χ1) is 13.1. The molecule has 138 valence electrons. The number of pyridine rings is 1. The van der Waals surface area contributed by atoms with E-state index in [0.29, 0.717) is 22.6 Å². The fourth-order valence-corrected chi connectivity index (χ4v) is 3.29. The summed E-state index contributed by atoms with van der Waals surface area (Å²) in [5, 5.41) is 7.00.